The molecular weight excluding hydrogens is 298 g/mol. The van der Waals surface area contributed by atoms with Crippen molar-refractivity contribution in [2.24, 2.45) is 5.92 Å². The highest BCUT2D eigenvalue weighted by molar-refractivity contribution is 5.87. The van der Waals surface area contributed by atoms with Gasteiger partial charge in [0.25, 0.3) is 0 Å². The first-order chi connectivity index (χ1) is 11.6. The summed E-state index contributed by atoms with van der Waals surface area (Å²) in [6.45, 7) is 4.33. The first-order valence-corrected chi connectivity index (χ1v) is 8.43. The Morgan fingerprint density at radius 2 is 1.79 bits per heavy atom. The van der Waals surface area contributed by atoms with Crippen LogP contribution in [0.25, 0.3) is 0 Å². The van der Waals surface area contributed by atoms with E-state index in [0.717, 1.165) is 12.0 Å². The van der Waals surface area contributed by atoms with E-state index in [4.69, 9.17) is 5.11 Å². The number of aromatic carboxylic acids is 1. The van der Waals surface area contributed by atoms with E-state index < -0.39 is 5.97 Å². The number of carboxylic acids is 1. The molecule has 24 heavy (non-hydrogen) atoms. The van der Waals surface area contributed by atoms with E-state index in [1.165, 1.54) is 22.4 Å². The van der Waals surface area contributed by atoms with E-state index in [1.807, 2.05) is 12.1 Å². The molecule has 1 heterocycles. The third kappa shape index (κ3) is 2.23. The van der Waals surface area contributed by atoms with Crippen LogP contribution >= 0.6 is 0 Å². The van der Waals surface area contributed by atoms with Crippen LogP contribution in [0.4, 0.5) is 5.69 Å². The van der Waals surface area contributed by atoms with Crippen molar-refractivity contribution in [2.45, 2.75) is 32.2 Å². The molecule has 0 aromatic heterocycles. The molecule has 1 aliphatic heterocycles. The fourth-order valence-electron chi connectivity index (χ4n) is 4.21. The van der Waals surface area contributed by atoms with Gasteiger partial charge in [-0.2, -0.15) is 0 Å². The van der Waals surface area contributed by atoms with Gasteiger partial charge < -0.3 is 10.4 Å². The summed E-state index contributed by atoms with van der Waals surface area (Å²) in [6, 6.07) is 11.9. The molecule has 1 aliphatic carbocycles. The maximum absolute atomic E-state index is 11.1. The van der Waals surface area contributed by atoms with Gasteiger partial charge in [-0.15, -0.1) is 0 Å². The predicted octanol–water partition coefficient (Wildman–Crippen LogP) is 4.83. The smallest absolute Gasteiger partial charge is 0.335 e. The maximum Gasteiger partial charge on any atom is 0.335 e. The van der Waals surface area contributed by atoms with Crippen molar-refractivity contribution in [2.75, 3.05) is 5.32 Å². The molecule has 4 rings (SSSR count). The summed E-state index contributed by atoms with van der Waals surface area (Å²) < 4.78 is 0. The first kappa shape index (κ1) is 15.0. The minimum atomic E-state index is -0.879. The SMILES string of the molecule is Cc1ccc(C)c2c1N[C@H](c1ccc(C(=O)O)cc1)[C@@H]1CC=C[C@H]21. The van der Waals surface area contributed by atoms with E-state index in [-0.39, 0.29) is 6.04 Å². The van der Waals surface area contributed by atoms with Crippen molar-refractivity contribution in [3.63, 3.8) is 0 Å². The van der Waals surface area contributed by atoms with E-state index in [1.54, 1.807) is 12.1 Å². The quantitative estimate of drug-likeness (QED) is 0.780. The Kier molecular flexibility index (Phi) is 3.45. The molecule has 0 amide bonds. The third-order valence-corrected chi connectivity index (χ3v) is 5.46. The Labute approximate surface area is 142 Å². The van der Waals surface area contributed by atoms with Crippen LogP contribution in [-0.2, 0) is 0 Å². The van der Waals surface area contributed by atoms with Crippen molar-refractivity contribution in [3.8, 4) is 0 Å². The Morgan fingerprint density at radius 3 is 2.50 bits per heavy atom. The average molecular weight is 319 g/mol. The van der Waals surface area contributed by atoms with E-state index in [9.17, 15) is 4.79 Å². The van der Waals surface area contributed by atoms with Gasteiger partial charge in [0.1, 0.15) is 0 Å². The highest BCUT2D eigenvalue weighted by Gasteiger charge is 2.39. The number of carbonyl (C=O) groups is 1. The average Bonchev–Trinajstić information content (AvgIpc) is 3.07. The molecule has 2 aromatic carbocycles. The van der Waals surface area contributed by atoms with E-state index in [0.29, 0.717) is 17.4 Å². The molecule has 122 valence electrons. The van der Waals surface area contributed by atoms with Gasteiger partial charge in [-0.05, 0) is 60.6 Å². The number of nitrogens with one attached hydrogen (secondary N) is 1. The van der Waals surface area contributed by atoms with Gasteiger partial charge in [-0.1, -0.05) is 36.4 Å². The molecule has 0 saturated carbocycles. The molecule has 2 aromatic rings. The molecule has 0 radical (unpaired) electrons. The lowest BCUT2D eigenvalue weighted by Gasteiger charge is -2.39. The molecule has 2 aliphatic rings. The molecular formula is C21H21NO2. The van der Waals surface area contributed by atoms with Crippen molar-refractivity contribution in [1.82, 2.24) is 0 Å². The van der Waals surface area contributed by atoms with Crippen molar-refractivity contribution in [3.05, 3.63) is 76.4 Å². The van der Waals surface area contributed by atoms with Gasteiger partial charge in [0.15, 0.2) is 0 Å². The Morgan fingerprint density at radius 1 is 1.08 bits per heavy atom. The van der Waals surface area contributed by atoms with Crippen LogP contribution in [0.15, 0.2) is 48.6 Å². The van der Waals surface area contributed by atoms with Crippen LogP contribution in [0.5, 0.6) is 0 Å². The van der Waals surface area contributed by atoms with Crippen molar-refractivity contribution in [1.29, 1.82) is 0 Å². The first-order valence-electron chi connectivity index (χ1n) is 8.43. The molecule has 3 atom stereocenters. The second kappa shape index (κ2) is 5.52. The van der Waals surface area contributed by atoms with Crippen LogP contribution in [0.2, 0.25) is 0 Å². The number of carboxylic acid groups (broad SMARTS) is 1. The maximum atomic E-state index is 11.1. The second-order valence-corrected chi connectivity index (χ2v) is 6.89. The molecule has 3 nitrogen and oxygen atoms in total. The summed E-state index contributed by atoms with van der Waals surface area (Å²) in [7, 11) is 0. The van der Waals surface area contributed by atoms with Crippen LogP contribution in [-0.4, -0.2) is 11.1 Å². The fraction of sp³-hybridized carbons (Fsp3) is 0.286. The van der Waals surface area contributed by atoms with Crippen LogP contribution in [0.3, 0.4) is 0 Å². The largest absolute Gasteiger partial charge is 0.478 e. The molecule has 0 saturated heterocycles. The lowest BCUT2D eigenvalue weighted by molar-refractivity contribution is 0.0697. The van der Waals surface area contributed by atoms with Gasteiger partial charge in [-0.3, -0.25) is 0 Å². The Bertz CT molecular complexity index is 836. The molecule has 0 spiro atoms. The standard InChI is InChI=1S/C21H21NO2/c1-12-6-7-13(2)19-18(12)16-4-3-5-17(16)20(22-19)14-8-10-15(11-9-14)21(23)24/h3-4,6-11,16-17,20,22H,5H2,1-2H3,(H,23,24)/t16-,17+,20+/m0/s1. The van der Waals surface area contributed by atoms with Gasteiger partial charge >= 0.3 is 5.97 Å². The lowest BCUT2D eigenvalue weighted by Crippen LogP contribution is -2.30. The van der Waals surface area contributed by atoms with Crippen molar-refractivity contribution < 1.29 is 9.90 Å². The lowest BCUT2D eigenvalue weighted by atomic mass is 9.75. The van der Waals surface area contributed by atoms with Crippen molar-refractivity contribution >= 4 is 11.7 Å². The summed E-state index contributed by atoms with van der Waals surface area (Å²) in [6.07, 6.45) is 5.68. The summed E-state index contributed by atoms with van der Waals surface area (Å²) in [5.41, 5.74) is 6.77. The zero-order chi connectivity index (χ0) is 16.8. The topological polar surface area (TPSA) is 49.3 Å². The zero-order valence-electron chi connectivity index (χ0n) is 13.9. The minimum absolute atomic E-state index is 0.209. The van der Waals surface area contributed by atoms with Crippen LogP contribution in [0, 0.1) is 19.8 Å². The number of hydrogen-bond donors (Lipinski definition) is 2. The molecule has 0 unspecified atom stereocenters. The number of rotatable bonds is 2. The summed E-state index contributed by atoms with van der Waals surface area (Å²) >= 11 is 0. The van der Waals surface area contributed by atoms with Gasteiger partial charge in [0, 0.05) is 11.6 Å². The van der Waals surface area contributed by atoms with Gasteiger partial charge in [0.05, 0.1) is 11.6 Å². The zero-order valence-corrected chi connectivity index (χ0v) is 13.9. The molecule has 3 heteroatoms. The number of aryl methyl sites for hydroxylation is 2. The molecule has 0 bridgehead atoms. The monoisotopic (exact) mass is 319 g/mol. The third-order valence-electron chi connectivity index (χ3n) is 5.46. The number of fused-ring (bicyclic) bond motifs is 3. The minimum Gasteiger partial charge on any atom is -0.478 e. The van der Waals surface area contributed by atoms with Crippen LogP contribution in [0.1, 0.15) is 51.0 Å². The number of benzene rings is 2. The highest BCUT2D eigenvalue weighted by Crippen LogP contribution is 2.51. The number of allylic oxidation sites excluding steroid dienone is 2. The van der Waals surface area contributed by atoms with Crippen LogP contribution < -0.4 is 5.32 Å². The van der Waals surface area contributed by atoms with Gasteiger partial charge in [-0.25, -0.2) is 4.79 Å². The number of hydrogen-bond acceptors (Lipinski definition) is 2. The number of anilines is 1. The molecule has 2 N–H and O–H groups in total. The summed E-state index contributed by atoms with van der Waals surface area (Å²) in [5.74, 6) is 0.0364. The summed E-state index contributed by atoms with van der Waals surface area (Å²) in [5, 5.41) is 12.9. The van der Waals surface area contributed by atoms with Gasteiger partial charge in [0.2, 0.25) is 0 Å². The fourth-order valence-corrected chi connectivity index (χ4v) is 4.21. The summed E-state index contributed by atoms with van der Waals surface area (Å²) in [4.78, 5) is 11.1. The highest BCUT2D eigenvalue weighted by atomic mass is 16.4. The van der Waals surface area contributed by atoms with E-state index in [2.05, 4.69) is 43.4 Å². The Hall–Kier alpha value is -2.55. The van der Waals surface area contributed by atoms with E-state index >= 15 is 0 Å². The second-order valence-electron chi connectivity index (χ2n) is 6.89. The normalized spacial score (nSPS) is 24.2. The predicted molar refractivity (Wildman–Crippen MR) is 95.7 cm³/mol. The Balaban J connectivity index is 1.78. The molecule has 0 fully saturated rings.